The van der Waals surface area contributed by atoms with E-state index in [4.69, 9.17) is 9.47 Å². The Bertz CT molecular complexity index is 398. The molecule has 104 valence electrons. The molecule has 0 atom stereocenters. The topological polar surface area (TPSA) is 47.6 Å². The summed E-state index contributed by atoms with van der Waals surface area (Å²) in [6.07, 6.45) is 4.89. The lowest BCUT2D eigenvalue weighted by Crippen LogP contribution is -2.20. The van der Waals surface area contributed by atoms with E-state index in [9.17, 15) is 4.79 Å². The summed E-state index contributed by atoms with van der Waals surface area (Å²) < 4.78 is 10.4. The summed E-state index contributed by atoms with van der Waals surface area (Å²) in [5, 5.41) is 2.75. The van der Waals surface area contributed by atoms with Crippen LogP contribution < -0.4 is 10.1 Å². The minimum atomic E-state index is 0.00552. The standard InChI is InChI=1S/C15H21NO3/c1-13(17)16-10-4-3-5-14-6-8-15(9-7-14)19-12-11-18-2/h3,5-9H,4,10-12H2,1-2H3,(H,16,17). The average molecular weight is 263 g/mol. The summed E-state index contributed by atoms with van der Waals surface area (Å²) in [6.45, 7) is 3.34. The lowest BCUT2D eigenvalue weighted by atomic mass is 10.2. The molecule has 0 fully saturated rings. The van der Waals surface area contributed by atoms with Crippen molar-refractivity contribution in [3.8, 4) is 5.75 Å². The van der Waals surface area contributed by atoms with E-state index in [0.29, 0.717) is 19.8 Å². The largest absolute Gasteiger partial charge is 0.491 e. The van der Waals surface area contributed by atoms with Crippen LogP contribution in [0.3, 0.4) is 0 Å². The summed E-state index contributed by atoms with van der Waals surface area (Å²) >= 11 is 0. The lowest BCUT2D eigenvalue weighted by Gasteiger charge is -2.05. The van der Waals surface area contributed by atoms with Gasteiger partial charge in [0.25, 0.3) is 0 Å². The van der Waals surface area contributed by atoms with E-state index in [1.165, 1.54) is 6.92 Å². The van der Waals surface area contributed by atoms with Gasteiger partial charge in [0, 0.05) is 20.6 Å². The van der Waals surface area contributed by atoms with Gasteiger partial charge in [-0.15, -0.1) is 0 Å². The maximum Gasteiger partial charge on any atom is 0.216 e. The van der Waals surface area contributed by atoms with Crippen molar-refractivity contribution >= 4 is 12.0 Å². The van der Waals surface area contributed by atoms with Gasteiger partial charge in [-0.05, 0) is 24.1 Å². The number of carbonyl (C=O) groups is 1. The fourth-order valence-corrected chi connectivity index (χ4v) is 1.47. The first-order valence-electron chi connectivity index (χ1n) is 6.35. The van der Waals surface area contributed by atoms with Gasteiger partial charge in [-0.2, -0.15) is 0 Å². The second kappa shape index (κ2) is 9.16. The van der Waals surface area contributed by atoms with Crippen LogP contribution in [0, 0.1) is 0 Å². The lowest BCUT2D eigenvalue weighted by molar-refractivity contribution is -0.118. The van der Waals surface area contributed by atoms with Crippen molar-refractivity contribution in [3.63, 3.8) is 0 Å². The number of hydrogen-bond acceptors (Lipinski definition) is 3. The molecule has 1 aromatic carbocycles. The fourth-order valence-electron chi connectivity index (χ4n) is 1.47. The molecule has 0 aliphatic rings. The van der Waals surface area contributed by atoms with E-state index in [1.807, 2.05) is 36.4 Å². The molecule has 1 aromatic rings. The number of hydrogen-bond donors (Lipinski definition) is 1. The predicted octanol–water partition coefficient (Wildman–Crippen LogP) is 2.25. The number of carbonyl (C=O) groups excluding carboxylic acids is 1. The molecule has 1 amide bonds. The van der Waals surface area contributed by atoms with Gasteiger partial charge in [-0.3, -0.25) is 4.79 Å². The summed E-state index contributed by atoms with van der Waals surface area (Å²) in [5.41, 5.74) is 1.11. The summed E-state index contributed by atoms with van der Waals surface area (Å²) in [5.74, 6) is 0.846. The zero-order valence-electron chi connectivity index (χ0n) is 11.5. The van der Waals surface area contributed by atoms with Crippen LogP contribution in [0.25, 0.3) is 6.08 Å². The molecule has 0 aliphatic carbocycles. The van der Waals surface area contributed by atoms with Crippen LogP contribution in [0.5, 0.6) is 5.75 Å². The Morgan fingerprint density at radius 1 is 1.26 bits per heavy atom. The number of amides is 1. The first kappa shape index (κ1) is 15.2. The van der Waals surface area contributed by atoms with E-state index in [-0.39, 0.29) is 5.91 Å². The Labute approximate surface area is 114 Å². The van der Waals surface area contributed by atoms with Gasteiger partial charge >= 0.3 is 0 Å². The van der Waals surface area contributed by atoms with E-state index in [0.717, 1.165) is 17.7 Å². The Morgan fingerprint density at radius 2 is 2.00 bits per heavy atom. The highest BCUT2D eigenvalue weighted by Gasteiger charge is 1.93. The van der Waals surface area contributed by atoms with Crippen molar-refractivity contribution in [1.29, 1.82) is 0 Å². The first-order valence-corrected chi connectivity index (χ1v) is 6.35. The van der Waals surface area contributed by atoms with Gasteiger partial charge in [0.05, 0.1) is 6.61 Å². The van der Waals surface area contributed by atoms with Crippen molar-refractivity contribution in [3.05, 3.63) is 35.9 Å². The quantitative estimate of drug-likeness (QED) is 0.732. The van der Waals surface area contributed by atoms with E-state index in [1.54, 1.807) is 7.11 Å². The van der Waals surface area contributed by atoms with Gasteiger partial charge in [-0.1, -0.05) is 24.3 Å². The molecule has 19 heavy (non-hydrogen) atoms. The molecule has 0 spiro atoms. The zero-order chi connectivity index (χ0) is 13.9. The predicted molar refractivity (Wildman–Crippen MR) is 76.1 cm³/mol. The van der Waals surface area contributed by atoms with Crippen molar-refractivity contribution in [2.24, 2.45) is 0 Å². The molecule has 0 radical (unpaired) electrons. The molecule has 0 heterocycles. The maximum atomic E-state index is 10.7. The molecule has 0 bridgehead atoms. The second-order valence-electron chi connectivity index (χ2n) is 4.08. The third-order valence-electron chi connectivity index (χ3n) is 2.43. The zero-order valence-corrected chi connectivity index (χ0v) is 11.5. The maximum absolute atomic E-state index is 10.7. The Morgan fingerprint density at radius 3 is 2.63 bits per heavy atom. The van der Waals surface area contributed by atoms with E-state index < -0.39 is 0 Å². The Hall–Kier alpha value is -1.81. The van der Waals surface area contributed by atoms with Crippen LogP contribution in [-0.2, 0) is 9.53 Å². The molecule has 0 saturated carbocycles. The molecule has 0 unspecified atom stereocenters. The van der Waals surface area contributed by atoms with Crippen LogP contribution in [-0.4, -0.2) is 32.8 Å². The van der Waals surface area contributed by atoms with Crippen molar-refractivity contribution in [2.75, 3.05) is 26.9 Å². The highest BCUT2D eigenvalue weighted by Crippen LogP contribution is 2.13. The number of methoxy groups -OCH3 is 1. The molecule has 4 heteroatoms. The van der Waals surface area contributed by atoms with E-state index in [2.05, 4.69) is 5.32 Å². The van der Waals surface area contributed by atoms with Gasteiger partial charge in [-0.25, -0.2) is 0 Å². The van der Waals surface area contributed by atoms with Gasteiger partial charge in [0.2, 0.25) is 5.91 Å². The highest BCUT2D eigenvalue weighted by molar-refractivity contribution is 5.72. The molecule has 0 aromatic heterocycles. The molecular formula is C15H21NO3. The molecule has 4 nitrogen and oxygen atoms in total. The van der Waals surface area contributed by atoms with Crippen LogP contribution in [0.2, 0.25) is 0 Å². The fraction of sp³-hybridized carbons (Fsp3) is 0.400. The Balaban J connectivity index is 2.31. The summed E-state index contributed by atoms with van der Waals surface area (Å²) in [4.78, 5) is 10.7. The third kappa shape index (κ3) is 7.26. The van der Waals surface area contributed by atoms with Crippen LogP contribution >= 0.6 is 0 Å². The molecule has 1 N–H and O–H groups in total. The number of rotatable bonds is 8. The summed E-state index contributed by atoms with van der Waals surface area (Å²) in [7, 11) is 1.65. The molecule has 0 saturated heterocycles. The van der Waals surface area contributed by atoms with Gasteiger partial charge < -0.3 is 14.8 Å². The van der Waals surface area contributed by atoms with Crippen molar-refractivity contribution < 1.29 is 14.3 Å². The number of benzene rings is 1. The molecule has 1 rings (SSSR count). The molecule has 0 aliphatic heterocycles. The van der Waals surface area contributed by atoms with Crippen molar-refractivity contribution in [1.82, 2.24) is 5.32 Å². The monoisotopic (exact) mass is 263 g/mol. The van der Waals surface area contributed by atoms with Gasteiger partial charge in [0.1, 0.15) is 12.4 Å². The van der Waals surface area contributed by atoms with Crippen LogP contribution in [0.4, 0.5) is 0 Å². The SMILES string of the molecule is COCCOc1ccc(C=CCCNC(C)=O)cc1. The normalized spacial score (nSPS) is 10.6. The van der Waals surface area contributed by atoms with E-state index >= 15 is 0 Å². The smallest absolute Gasteiger partial charge is 0.216 e. The van der Waals surface area contributed by atoms with Gasteiger partial charge in [0.15, 0.2) is 0 Å². The number of nitrogens with one attached hydrogen (secondary N) is 1. The minimum Gasteiger partial charge on any atom is -0.491 e. The minimum absolute atomic E-state index is 0.00552. The summed E-state index contributed by atoms with van der Waals surface area (Å²) in [6, 6.07) is 7.86. The first-order chi connectivity index (χ1) is 9.22. The Kier molecular flexibility index (Phi) is 7.35. The number of ether oxygens (including phenoxy) is 2. The second-order valence-corrected chi connectivity index (χ2v) is 4.08. The highest BCUT2D eigenvalue weighted by atomic mass is 16.5. The average Bonchev–Trinajstić information content (AvgIpc) is 2.40. The molecular weight excluding hydrogens is 242 g/mol. The van der Waals surface area contributed by atoms with Crippen LogP contribution in [0.15, 0.2) is 30.3 Å². The third-order valence-corrected chi connectivity index (χ3v) is 2.43. The van der Waals surface area contributed by atoms with Crippen LogP contribution in [0.1, 0.15) is 18.9 Å². The van der Waals surface area contributed by atoms with Crippen molar-refractivity contribution in [2.45, 2.75) is 13.3 Å².